The molecule has 0 saturated carbocycles. The molecule has 2 rings (SSSR count). The smallest absolute Gasteiger partial charge is 0.0766 e. The van der Waals surface area contributed by atoms with Crippen molar-refractivity contribution in [3.05, 3.63) is 48.5 Å². The van der Waals surface area contributed by atoms with Crippen LogP contribution in [0.2, 0.25) is 0 Å². The van der Waals surface area contributed by atoms with Crippen LogP contribution in [-0.2, 0) is 6.54 Å². The number of pyridine rings is 2. The van der Waals surface area contributed by atoms with Gasteiger partial charge in [0, 0.05) is 39.2 Å². The summed E-state index contributed by atoms with van der Waals surface area (Å²) < 4.78 is 0. The second kappa shape index (κ2) is 5.30. The van der Waals surface area contributed by atoms with Crippen molar-refractivity contribution < 1.29 is 0 Å². The first kappa shape index (κ1) is 11.4. The van der Waals surface area contributed by atoms with Gasteiger partial charge in [-0.25, -0.2) is 0 Å². The van der Waals surface area contributed by atoms with Crippen molar-refractivity contribution in [3.8, 4) is 0 Å². The fraction of sp³-hybridized carbons (Fsp3) is 0.231. The molecular formula is C13H16N4. The average molecular weight is 228 g/mol. The Balaban J connectivity index is 2.09. The highest BCUT2D eigenvalue weighted by molar-refractivity contribution is 5.68. The lowest BCUT2D eigenvalue weighted by atomic mass is 10.2. The van der Waals surface area contributed by atoms with Crippen molar-refractivity contribution >= 4 is 11.4 Å². The van der Waals surface area contributed by atoms with Gasteiger partial charge in [-0.2, -0.15) is 0 Å². The Hall–Kier alpha value is -2.10. The minimum absolute atomic E-state index is 0.773. The Bertz CT molecular complexity index is 468. The normalized spacial score (nSPS) is 10.0. The summed E-state index contributed by atoms with van der Waals surface area (Å²) in [5.41, 5.74) is 3.37. The molecule has 0 aliphatic rings. The van der Waals surface area contributed by atoms with Crippen LogP contribution in [0.5, 0.6) is 0 Å². The van der Waals surface area contributed by atoms with Gasteiger partial charge in [-0.3, -0.25) is 9.97 Å². The number of rotatable bonds is 4. The predicted octanol–water partition coefficient (Wildman–Crippen LogP) is 2.15. The molecule has 2 heterocycles. The fourth-order valence-electron chi connectivity index (χ4n) is 1.61. The number of hydrogen-bond donors (Lipinski definition) is 1. The average Bonchev–Trinajstić information content (AvgIpc) is 2.38. The molecule has 2 aromatic heterocycles. The molecule has 0 fully saturated rings. The molecule has 0 spiro atoms. The molecule has 88 valence electrons. The summed E-state index contributed by atoms with van der Waals surface area (Å²) in [6.45, 7) is 0.773. The van der Waals surface area contributed by atoms with E-state index in [-0.39, 0.29) is 0 Å². The lowest BCUT2D eigenvalue weighted by Crippen LogP contribution is -2.12. The van der Waals surface area contributed by atoms with E-state index in [0.717, 1.165) is 17.9 Å². The van der Waals surface area contributed by atoms with Gasteiger partial charge < -0.3 is 10.2 Å². The second-order valence-corrected chi connectivity index (χ2v) is 4.00. The van der Waals surface area contributed by atoms with Gasteiger partial charge in [-0.05, 0) is 23.8 Å². The summed E-state index contributed by atoms with van der Waals surface area (Å²) in [5.74, 6) is 0. The van der Waals surface area contributed by atoms with E-state index in [9.17, 15) is 0 Å². The molecule has 17 heavy (non-hydrogen) atoms. The molecule has 0 aliphatic carbocycles. The molecule has 0 unspecified atom stereocenters. The molecule has 0 bridgehead atoms. The van der Waals surface area contributed by atoms with Crippen LogP contribution in [0, 0.1) is 0 Å². The highest BCUT2D eigenvalue weighted by Crippen LogP contribution is 2.22. The molecule has 0 amide bonds. The zero-order valence-corrected chi connectivity index (χ0v) is 10.1. The van der Waals surface area contributed by atoms with E-state index in [1.807, 2.05) is 38.5 Å². The van der Waals surface area contributed by atoms with E-state index >= 15 is 0 Å². The summed E-state index contributed by atoms with van der Waals surface area (Å²) in [6, 6.07) is 5.99. The molecule has 0 atom stereocenters. The predicted molar refractivity (Wildman–Crippen MR) is 70.1 cm³/mol. The molecule has 0 aromatic carbocycles. The van der Waals surface area contributed by atoms with Gasteiger partial charge in [0.25, 0.3) is 0 Å². The van der Waals surface area contributed by atoms with Crippen LogP contribution in [-0.4, -0.2) is 24.1 Å². The van der Waals surface area contributed by atoms with Crippen molar-refractivity contribution in [2.75, 3.05) is 24.3 Å². The Labute approximate surface area is 101 Å². The van der Waals surface area contributed by atoms with Crippen LogP contribution in [0.1, 0.15) is 5.56 Å². The number of aromatic nitrogens is 2. The van der Waals surface area contributed by atoms with E-state index in [1.165, 1.54) is 5.56 Å². The van der Waals surface area contributed by atoms with Crippen molar-refractivity contribution in [2.45, 2.75) is 6.54 Å². The highest BCUT2D eigenvalue weighted by atomic mass is 15.1. The molecule has 4 nitrogen and oxygen atoms in total. The molecule has 0 aliphatic heterocycles. The third kappa shape index (κ3) is 2.93. The first-order valence-corrected chi connectivity index (χ1v) is 5.51. The topological polar surface area (TPSA) is 41.1 Å². The maximum Gasteiger partial charge on any atom is 0.0766 e. The maximum absolute atomic E-state index is 4.14. The van der Waals surface area contributed by atoms with Gasteiger partial charge in [0.1, 0.15) is 0 Å². The zero-order valence-electron chi connectivity index (χ0n) is 10.1. The third-order valence-corrected chi connectivity index (χ3v) is 2.51. The minimum Gasteiger partial charge on any atom is -0.378 e. The van der Waals surface area contributed by atoms with Gasteiger partial charge >= 0.3 is 0 Å². The Morgan fingerprint density at radius 3 is 2.47 bits per heavy atom. The van der Waals surface area contributed by atoms with Crippen LogP contribution in [0.3, 0.4) is 0 Å². The lowest BCUT2D eigenvalue weighted by Gasteiger charge is -2.17. The summed E-state index contributed by atoms with van der Waals surface area (Å²) in [6.07, 6.45) is 7.24. The number of nitrogens with one attached hydrogen (secondary N) is 1. The van der Waals surface area contributed by atoms with E-state index in [0.29, 0.717) is 0 Å². The minimum atomic E-state index is 0.773. The maximum atomic E-state index is 4.14. The largest absolute Gasteiger partial charge is 0.378 e. The van der Waals surface area contributed by atoms with Crippen LogP contribution < -0.4 is 10.2 Å². The number of anilines is 2. The fourth-order valence-corrected chi connectivity index (χ4v) is 1.61. The van der Waals surface area contributed by atoms with Crippen molar-refractivity contribution in [3.63, 3.8) is 0 Å². The van der Waals surface area contributed by atoms with Crippen LogP contribution in [0.4, 0.5) is 11.4 Å². The third-order valence-electron chi connectivity index (χ3n) is 2.51. The number of nitrogens with zero attached hydrogens (tertiary/aromatic N) is 3. The van der Waals surface area contributed by atoms with Crippen LogP contribution in [0.25, 0.3) is 0 Å². The van der Waals surface area contributed by atoms with Gasteiger partial charge in [0.2, 0.25) is 0 Å². The summed E-state index contributed by atoms with van der Waals surface area (Å²) in [5, 5.41) is 3.38. The van der Waals surface area contributed by atoms with E-state index in [2.05, 4.69) is 20.2 Å². The zero-order chi connectivity index (χ0) is 12.1. The Morgan fingerprint density at radius 1 is 1.06 bits per heavy atom. The summed E-state index contributed by atoms with van der Waals surface area (Å²) in [4.78, 5) is 10.2. The molecule has 0 saturated heterocycles. The van der Waals surface area contributed by atoms with Crippen molar-refractivity contribution in [1.82, 2.24) is 9.97 Å². The van der Waals surface area contributed by atoms with Crippen LogP contribution in [0.15, 0.2) is 43.0 Å². The van der Waals surface area contributed by atoms with Gasteiger partial charge in [-0.1, -0.05) is 0 Å². The molecule has 2 aromatic rings. The van der Waals surface area contributed by atoms with Gasteiger partial charge in [-0.15, -0.1) is 0 Å². The van der Waals surface area contributed by atoms with Crippen molar-refractivity contribution in [1.29, 1.82) is 0 Å². The Kier molecular flexibility index (Phi) is 3.55. The first-order chi connectivity index (χ1) is 8.27. The quantitative estimate of drug-likeness (QED) is 0.870. The number of hydrogen-bond acceptors (Lipinski definition) is 4. The van der Waals surface area contributed by atoms with Crippen LogP contribution >= 0.6 is 0 Å². The van der Waals surface area contributed by atoms with E-state index < -0.39 is 0 Å². The monoisotopic (exact) mass is 228 g/mol. The molecule has 1 N–H and O–H groups in total. The SMILES string of the molecule is CN(C)c1ccncc1NCc1ccncc1. The van der Waals surface area contributed by atoms with Gasteiger partial charge in [0.15, 0.2) is 0 Å². The Morgan fingerprint density at radius 2 is 1.76 bits per heavy atom. The standard InChI is InChI=1S/C13H16N4/c1-17(2)13-5-8-15-10-12(13)16-9-11-3-6-14-7-4-11/h3-8,10,16H,9H2,1-2H3. The van der Waals surface area contributed by atoms with Gasteiger partial charge in [0.05, 0.1) is 17.6 Å². The lowest BCUT2D eigenvalue weighted by molar-refractivity contribution is 1.08. The van der Waals surface area contributed by atoms with E-state index in [1.54, 1.807) is 18.6 Å². The summed E-state index contributed by atoms with van der Waals surface area (Å²) >= 11 is 0. The summed E-state index contributed by atoms with van der Waals surface area (Å²) in [7, 11) is 4.04. The van der Waals surface area contributed by atoms with E-state index in [4.69, 9.17) is 0 Å². The molecular weight excluding hydrogens is 212 g/mol. The molecule has 0 radical (unpaired) electrons. The first-order valence-electron chi connectivity index (χ1n) is 5.51. The molecule has 4 heteroatoms. The highest BCUT2D eigenvalue weighted by Gasteiger charge is 2.03. The second-order valence-electron chi connectivity index (χ2n) is 4.00. The van der Waals surface area contributed by atoms with Crippen molar-refractivity contribution in [2.24, 2.45) is 0 Å².